The molecule has 0 radical (unpaired) electrons. The van der Waals surface area contributed by atoms with E-state index < -0.39 is 0 Å². The van der Waals surface area contributed by atoms with Crippen LogP contribution in [0.15, 0.2) is 18.2 Å². The Hall–Kier alpha value is -2.44. The molecule has 0 unspecified atom stereocenters. The summed E-state index contributed by atoms with van der Waals surface area (Å²) in [6.45, 7) is 2.19. The van der Waals surface area contributed by atoms with Gasteiger partial charge in [-0.15, -0.1) is 0 Å². The highest BCUT2D eigenvalue weighted by Gasteiger charge is 2.17. The van der Waals surface area contributed by atoms with E-state index in [4.69, 9.17) is 9.47 Å². The third kappa shape index (κ3) is 5.85. The number of urea groups is 1. The van der Waals surface area contributed by atoms with Gasteiger partial charge in [-0.05, 0) is 43.4 Å². The highest BCUT2D eigenvalue weighted by Crippen LogP contribution is 2.27. The summed E-state index contributed by atoms with van der Waals surface area (Å²) < 4.78 is 10.5. The zero-order valence-electron chi connectivity index (χ0n) is 15.0. The molecule has 0 saturated carbocycles. The molecule has 7 heteroatoms. The molecule has 1 heterocycles. The largest absolute Gasteiger partial charge is 0.493 e. The predicted octanol–water partition coefficient (Wildman–Crippen LogP) is 1.56. The van der Waals surface area contributed by atoms with E-state index in [2.05, 4.69) is 10.6 Å². The molecule has 25 heavy (non-hydrogen) atoms. The Labute approximate surface area is 148 Å². The number of amides is 3. The van der Waals surface area contributed by atoms with Crippen molar-refractivity contribution in [3.8, 4) is 11.5 Å². The number of nitrogens with one attached hydrogen (secondary N) is 2. The van der Waals surface area contributed by atoms with E-state index in [0.717, 1.165) is 44.3 Å². The van der Waals surface area contributed by atoms with Crippen molar-refractivity contribution in [2.24, 2.45) is 0 Å². The van der Waals surface area contributed by atoms with Gasteiger partial charge in [0, 0.05) is 19.6 Å². The summed E-state index contributed by atoms with van der Waals surface area (Å²) in [5, 5.41) is 5.39. The van der Waals surface area contributed by atoms with Gasteiger partial charge >= 0.3 is 6.03 Å². The van der Waals surface area contributed by atoms with Gasteiger partial charge in [0.05, 0.1) is 20.8 Å². The van der Waals surface area contributed by atoms with Crippen molar-refractivity contribution in [3.05, 3.63) is 23.8 Å². The van der Waals surface area contributed by atoms with Crippen LogP contribution in [0.25, 0.3) is 0 Å². The molecule has 0 aromatic heterocycles. The molecule has 0 spiro atoms. The second kappa shape index (κ2) is 9.76. The molecule has 1 saturated heterocycles. The van der Waals surface area contributed by atoms with E-state index in [1.165, 1.54) is 0 Å². The standard InChI is InChI=1S/C18H27N3O4/c1-24-15-8-7-14(12-16(15)25-2)6-5-9-19-18(23)20-13-17(22)21-10-3-4-11-21/h7-8,12H,3-6,9-11,13H2,1-2H3,(H2,19,20,23). The summed E-state index contributed by atoms with van der Waals surface area (Å²) in [4.78, 5) is 25.4. The summed E-state index contributed by atoms with van der Waals surface area (Å²) in [6.07, 6.45) is 3.71. The van der Waals surface area contributed by atoms with E-state index in [1.807, 2.05) is 18.2 Å². The van der Waals surface area contributed by atoms with E-state index in [0.29, 0.717) is 18.0 Å². The topological polar surface area (TPSA) is 79.9 Å². The third-order valence-corrected chi connectivity index (χ3v) is 4.23. The zero-order valence-corrected chi connectivity index (χ0v) is 15.0. The lowest BCUT2D eigenvalue weighted by molar-refractivity contribution is -0.128. The minimum Gasteiger partial charge on any atom is -0.493 e. The minimum atomic E-state index is -0.306. The Morgan fingerprint density at radius 3 is 2.48 bits per heavy atom. The number of hydrogen-bond donors (Lipinski definition) is 2. The molecule has 2 N–H and O–H groups in total. The Kier molecular flexibility index (Phi) is 7.37. The number of benzene rings is 1. The van der Waals surface area contributed by atoms with Crippen molar-refractivity contribution in [1.29, 1.82) is 0 Å². The van der Waals surface area contributed by atoms with Crippen LogP contribution < -0.4 is 20.1 Å². The van der Waals surface area contributed by atoms with Crippen molar-refractivity contribution >= 4 is 11.9 Å². The van der Waals surface area contributed by atoms with Crippen LogP contribution in [0.1, 0.15) is 24.8 Å². The van der Waals surface area contributed by atoms with Gasteiger partial charge in [0.2, 0.25) is 5.91 Å². The van der Waals surface area contributed by atoms with Gasteiger partial charge in [-0.25, -0.2) is 4.79 Å². The highest BCUT2D eigenvalue weighted by atomic mass is 16.5. The van der Waals surface area contributed by atoms with Gasteiger partial charge in [0.15, 0.2) is 11.5 Å². The van der Waals surface area contributed by atoms with Crippen LogP contribution in [0.3, 0.4) is 0 Å². The number of aryl methyl sites for hydroxylation is 1. The molecule has 0 bridgehead atoms. The smallest absolute Gasteiger partial charge is 0.315 e. The molecular weight excluding hydrogens is 322 g/mol. The van der Waals surface area contributed by atoms with Crippen LogP contribution >= 0.6 is 0 Å². The van der Waals surface area contributed by atoms with Crippen LogP contribution in [0.5, 0.6) is 11.5 Å². The van der Waals surface area contributed by atoms with E-state index >= 15 is 0 Å². The van der Waals surface area contributed by atoms with Crippen LogP contribution in [0.4, 0.5) is 4.79 Å². The first kappa shape index (κ1) is 18.9. The summed E-state index contributed by atoms with van der Waals surface area (Å²) in [5.74, 6) is 1.38. The quantitative estimate of drug-likeness (QED) is 0.698. The number of likely N-dealkylation sites (tertiary alicyclic amines) is 1. The molecule has 0 atom stereocenters. The minimum absolute atomic E-state index is 0.0158. The maximum Gasteiger partial charge on any atom is 0.315 e. The van der Waals surface area contributed by atoms with E-state index in [-0.39, 0.29) is 18.5 Å². The van der Waals surface area contributed by atoms with Crippen LogP contribution in [0, 0.1) is 0 Å². The second-order valence-electron chi connectivity index (χ2n) is 5.99. The molecule has 1 aromatic carbocycles. The SMILES string of the molecule is COc1ccc(CCCNC(=O)NCC(=O)N2CCCC2)cc1OC. The fourth-order valence-electron chi connectivity index (χ4n) is 2.83. The van der Waals surface area contributed by atoms with Gasteiger partial charge < -0.3 is 25.0 Å². The molecule has 1 aliphatic rings. The van der Waals surface area contributed by atoms with Gasteiger partial charge in [0.25, 0.3) is 0 Å². The first-order valence-electron chi connectivity index (χ1n) is 8.64. The van der Waals surface area contributed by atoms with Crippen molar-refractivity contribution in [3.63, 3.8) is 0 Å². The lowest BCUT2D eigenvalue weighted by Gasteiger charge is -2.15. The van der Waals surface area contributed by atoms with Gasteiger partial charge in [-0.1, -0.05) is 6.07 Å². The van der Waals surface area contributed by atoms with Crippen molar-refractivity contribution in [2.75, 3.05) is 40.4 Å². The predicted molar refractivity (Wildman–Crippen MR) is 95.1 cm³/mol. The molecule has 1 aliphatic heterocycles. The Morgan fingerprint density at radius 1 is 1.08 bits per heavy atom. The number of methoxy groups -OCH3 is 2. The summed E-state index contributed by atoms with van der Waals surface area (Å²) in [6, 6.07) is 5.49. The van der Waals surface area contributed by atoms with Crippen LogP contribution in [-0.2, 0) is 11.2 Å². The first-order chi connectivity index (χ1) is 12.1. The average molecular weight is 349 g/mol. The molecule has 1 aromatic rings. The maximum absolute atomic E-state index is 11.8. The monoisotopic (exact) mass is 349 g/mol. The van der Waals surface area contributed by atoms with E-state index in [9.17, 15) is 9.59 Å². The normalized spacial score (nSPS) is 13.4. The molecule has 2 rings (SSSR count). The third-order valence-electron chi connectivity index (χ3n) is 4.23. The van der Waals surface area contributed by atoms with Crippen molar-refractivity contribution in [1.82, 2.24) is 15.5 Å². The summed E-state index contributed by atoms with van der Waals surface area (Å²) in [5.41, 5.74) is 1.11. The molecule has 138 valence electrons. The molecule has 7 nitrogen and oxygen atoms in total. The number of carbonyl (C=O) groups excluding carboxylic acids is 2. The lowest BCUT2D eigenvalue weighted by atomic mass is 10.1. The molecular formula is C18H27N3O4. The zero-order chi connectivity index (χ0) is 18.1. The van der Waals surface area contributed by atoms with Gasteiger partial charge in [0.1, 0.15) is 0 Å². The second-order valence-corrected chi connectivity index (χ2v) is 5.99. The molecule has 1 fully saturated rings. The van der Waals surface area contributed by atoms with Crippen molar-refractivity contribution in [2.45, 2.75) is 25.7 Å². The van der Waals surface area contributed by atoms with Gasteiger partial charge in [-0.3, -0.25) is 4.79 Å². The number of ether oxygens (including phenoxy) is 2. The molecule has 3 amide bonds. The van der Waals surface area contributed by atoms with Crippen LogP contribution in [-0.4, -0.2) is 57.2 Å². The summed E-state index contributed by atoms with van der Waals surface area (Å²) in [7, 11) is 3.21. The first-order valence-corrected chi connectivity index (χ1v) is 8.64. The van der Waals surface area contributed by atoms with Crippen LogP contribution in [0.2, 0.25) is 0 Å². The Morgan fingerprint density at radius 2 is 1.80 bits per heavy atom. The summed E-state index contributed by atoms with van der Waals surface area (Å²) >= 11 is 0. The number of rotatable bonds is 8. The van der Waals surface area contributed by atoms with Crippen molar-refractivity contribution < 1.29 is 19.1 Å². The Balaban J connectivity index is 1.63. The van der Waals surface area contributed by atoms with Gasteiger partial charge in [-0.2, -0.15) is 0 Å². The Bertz CT molecular complexity index is 586. The number of carbonyl (C=O) groups is 2. The lowest BCUT2D eigenvalue weighted by Crippen LogP contribution is -2.43. The molecule has 0 aliphatic carbocycles. The fourth-order valence-corrected chi connectivity index (χ4v) is 2.83. The average Bonchev–Trinajstić information content (AvgIpc) is 3.17. The highest BCUT2D eigenvalue weighted by molar-refractivity contribution is 5.84. The van der Waals surface area contributed by atoms with E-state index in [1.54, 1.807) is 19.1 Å². The fraction of sp³-hybridized carbons (Fsp3) is 0.556. The maximum atomic E-state index is 11.8. The number of nitrogens with zero attached hydrogens (tertiary/aromatic N) is 1. The number of hydrogen-bond acceptors (Lipinski definition) is 4.